The summed E-state index contributed by atoms with van der Waals surface area (Å²) in [5.74, 6) is 0. The average molecular weight is 438 g/mol. The van der Waals surface area contributed by atoms with Gasteiger partial charge in [0.2, 0.25) is 0 Å². The van der Waals surface area contributed by atoms with Crippen LogP contribution in [-0.4, -0.2) is 32.9 Å². The van der Waals surface area contributed by atoms with E-state index in [1.165, 1.54) is 12.1 Å². The van der Waals surface area contributed by atoms with Crippen LogP contribution in [0.3, 0.4) is 0 Å². The Balaban J connectivity index is -0.000000120. The molecule has 0 amide bonds. The van der Waals surface area contributed by atoms with Crippen LogP contribution in [0.25, 0.3) is 9.30 Å². The Hall–Kier alpha value is 2.08. The van der Waals surface area contributed by atoms with Crippen molar-refractivity contribution in [3.63, 3.8) is 0 Å². The molecule has 1 rings (SSSR count). The summed E-state index contributed by atoms with van der Waals surface area (Å²) in [5.41, 5.74) is 0. The molecule has 0 aliphatic carbocycles. The van der Waals surface area contributed by atoms with Crippen LogP contribution in [0.15, 0.2) is 0 Å². The van der Waals surface area contributed by atoms with Gasteiger partial charge in [-0.05, 0) is 0 Å². The molecule has 0 saturated carbocycles. The Morgan fingerprint density at radius 2 is 0.952 bits per heavy atom. The van der Waals surface area contributed by atoms with Crippen molar-refractivity contribution in [2.45, 2.75) is 77.6 Å². The Bertz CT molecular complexity index is 253. The number of nitrogens with zero attached hydrogens (tertiary/aromatic N) is 2. The quantitative estimate of drug-likeness (QED) is 0.537. The van der Waals surface area contributed by atoms with E-state index in [0.717, 1.165) is 0 Å². The molecular weight excluding hydrogens is 403 g/mol. The van der Waals surface area contributed by atoms with Crippen molar-refractivity contribution in [1.29, 1.82) is 0 Å². The third-order valence-electron chi connectivity index (χ3n) is 2.62. The molecule has 0 bridgehead atoms. The van der Waals surface area contributed by atoms with Gasteiger partial charge < -0.3 is 34.1 Å². The summed E-state index contributed by atoms with van der Waals surface area (Å²) in [6.07, 6.45) is 0. The van der Waals surface area contributed by atoms with Gasteiger partial charge >= 0.3 is 21.7 Å². The molecule has 1 heterocycles. The van der Waals surface area contributed by atoms with E-state index in [4.69, 9.17) is 9.30 Å². The molecule has 1 aliphatic heterocycles. The van der Waals surface area contributed by atoms with Crippen molar-refractivity contribution in [2.75, 3.05) is 0 Å². The molecule has 126 valence electrons. The predicted octanol–water partition coefficient (Wildman–Crippen LogP) is -0.181. The SMILES string of the molecule is C[Si](C)(C)[N-][Si](C)(C)C.C[Si]1(C)CC[Si](C)(C)[N-]1.[Cl-].[Cl-].[Ti+4]. The van der Waals surface area contributed by atoms with Crippen molar-refractivity contribution in [1.82, 2.24) is 0 Å². The van der Waals surface area contributed by atoms with Gasteiger partial charge in [0.15, 0.2) is 0 Å². The Morgan fingerprint density at radius 3 is 1.00 bits per heavy atom. The number of hydrogen-bond donors (Lipinski definition) is 0. The summed E-state index contributed by atoms with van der Waals surface area (Å²) in [7, 11) is -4.19. The van der Waals surface area contributed by atoms with Crippen molar-refractivity contribution in [2.24, 2.45) is 0 Å². The van der Waals surface area contributed by atoms with Crippen molar-refractivity contribution < 1.29 is 46.5 Å². The molecule has 2 nitrogen and oxygen atoms in total. The fraction of sp³-hybridized carbons (Fsp3) is 1.00. The summed E-state index contributed by atoms with van der Waals surface area (Å²) >= 11 is 0. The van der Waals surface area contributed by atoms with Crippen LogP contribution in [0, 0.1) is 0 Å². The van der Waals surface area contributed by atoms with Gasteiger partial charge in [0, 0.05) is 0 Å². The van der Waals surface area contributed by atoms with E-state index >= 15 is 0 Å². The van der Waals surface area contributed by atoms with Crippen LogP contribution in [-0.2, 0) is 21.7 Å². The molecule has 1 saturated heterocycles. The average Bonchev–Trinajstić information content (AvgIpc) is 2.16. The van der Waals surface area contributed by atoms with Crippen LogP contribution in [0.5, 0.6) is 0 Å². The van der Waals surface area contributed by atoms with Crippen LogP contribution < -0.4 is 24.8 Å². The molecule has 0 atom stereocenters. The van der Waals surface area contributed by atoms with Gasteiger partial charge in [-0.3, -0.25) is 0 Å². The van der Waals surface area contributed by atoms with E-state index < -0.39 is 32.9 Å². The van der Waals surface area contributed by atoms with Crippen LogP contribution >= 0.6 is 0 Å². The maximum Gasteiger partial charge on any atom is 4.00 e. The minimum Gasteiger partial charge on any atom is -1.00 e. The van der Waals surface area contributed by atoms with Gasteiger partial charge in [-0.1, -0.05) is 111 Å². The summed E-state index contributed by atoms with van der Waals surface area (Å²) < 4.78 is 9.75. The van der Waals surface area contributed by atoms with Gasteiger partial charge in [-0.15, -0.1) is 0 Å². The second-order valence-corrected chi connectivity index (χ2v) is 27.4. The fourth-order valence-corrected chi connectivity index (χ4v) is 22.9. The molecule has 21 heavy (non-hydrogen) atoms. The van der Waals surface area contributed by atoms with Crippen LogP contribution in [0.4, 0.5) is 0 Å². The number of hydrogen-bond acceptors (Lipinski definition) is 0. The second kappa shape index (κ2) is 10.8. The first-order valence-corrected chi connectivity index (χ1v) is 20.3. The summed E-state index contributed by atoms with van der Waals surface area (Å²) in [4.78, 5) is 0. The standard InChI is InChI=1S/C6H16NSi2.C6H18NSi2.2ClH.Ti/c1-8(2)5-6-9(3,4)7-8;1-8(2,3)7-9(4,5)6;;;/h5-6H2,1-4H3;1-6H3;2*1H;/q2*-1;;;+4/p-2. The summed E-state index contributed by atoms with van der Waals surface area (Å²) in [5, 5.41) is 0. The maximum atomic E-state index is 4.93. The first-order chi connectivity index (χ1) is 7.62. The third kappa shape index (κ3) is 20.0. The molecule has 1 fully saturated rings. The van der Waals surface area contributed by atoms with Crippen molar-refractivity contribution in [3.05, 3.63) is 9.30 Å². The largest absolute Gasteiger partial charge is 4.00 e. The molecule has 0 unspecified atom stereocenters. The molecule has 1 aliphatic rings. The minimum atomic E-state index is -1.11. The van der Waals surface area contributed by atoms with Crippen molar-refractivity contribution in [3.8, 4) is 0 Å². The van der Waals surface area contributed by atoms with Gasteiger partial charge in [0.05, 0.1) is 0 Å². The normalized spacial score (nSPS) is 19.1. The Morgan fingerprint density at radius 1 is 0.714 bits per heavy atom. The van der Waals surface area contributed by atoms with E-state index in [0.29, 0.717) is 0 Å². The summed E-state index contributed by atoms with van der Waals surface area (Å²) in [6, 6.07) is 2.90. The molecule has 0 radical (unpaired) electrons. The zero-order chi connectivity index (χ0) is 14.8. The van der Waals surface area contributed by atoms with Crippen LogP contribution in [0.1, 0.15) is 0 Å². The molecule has 0 aromatic rings. The predicted molar refractivity (Wildman–Crippen MR) is 98.0 cm³/mol. The molecule has 0 aromatic heterocycles. The van der Waals surface area contributed by atoms with Crippen LogP contribution in [0.2, 0.25) is 77.6 Å². The monoisotopic (exact) mass is 436 g/mol. The smallest absolute Gasteiger partial charge is 1.00 e. The molecule has 9 heteroatoms. The van der Waals surface area contributed by atoms with E-state index in [-0.39, 0.29) is 46.5 Å². The maximum absolute atomic E-state index is 4.93. The molecular formula is C12H34Cl2N2Si4Ti. The zero-order valence-corrected chi connectivity index (χ0v) is 22.6. The number of halogens is 2. The van der Waals surface area contributed by atoms with E-state index in [1.54, 1.807) is 0 Å². The van der Waals surface area contributed by atoms with E-state index in [9.17, 15) is 0 Å². The molecule has 0 N–H and O–H groups in total. The van der Waals surface area contributed by atoms with Gasteiger partial charge in [-0.2, -0.15) is 0 Å². The summed E-state index contributed by atoms with van der Waals surface area (Å²) in [6.45, 7) is 23.3. The Labute approximate surface area is 165 Å². The minimum absolute atomic E-state index is 0. The van der Waals surface area contributed by atoms with Crippen molar-refractivity contribution >= 4 is 32.9 Å². The van der Waals surface area contributed by atoms with Gasteiger partial charge in [0.1, 0.15) is 0 Å². The first kappa shape index (κ1) is 30.9. The third-order valence-corrected chi connectivity index (χ3v) is 16.3. The van der Waals surface area contributed by atoms with E-state index in [1.807, 2.05) is 0 Å². The van der Waals surface area contributed by atoms with Gasteiger partial charge in [0.25, 0.3) is 0 Å². The van der Waals surface area contributed by atoms with Gasteiger partial charge in [-0.25, -0.2) is 0 Å². The first-order valence-electron chi connectivity index (χ1n) is 7.10. The second-order valence-electron chi connectivity index (χ2n) is 8.69. The zero-order valence-electron chi connectivity index (χ0n) is 15.6. The number of rotatable bonds is 2. The fourth-order valence-electron chi connectivity index (χ4n) is 2.55. The molecule has 0 spiro atoms. The van der Waals surface area contributed by atoms with E-state index in [2.05, 4.69) is 65.5 Å². The molecule has 0 aromatic carbocycles. The topological polar surface area (TPSA) is 28.2 Å². The Kier molecular flexibility index (Phi) is 16.0.